The van der Waals surface area contributed by atoms with Crippen molar-refractivity contribution >= 4 is 23.1 Å². The van der Waals surface area contributed by atoms with Crippen LogP contribution in [0, 0.1) is 6.92 Å². The molecule has 1 aliphatic rings. The molecule has 6 nitrogen and oxygen atoms in total. The summed E-state index contributed by atoms with van der Waals surface area (Å²) in [6.45, 7) is 6.87. The summed E-state index contributed by atoms with van der Waals surface area (Å²) in [7, 11) is 0. The van der Waals surface area contributed by atoms with Crippen LogP contribution in [0.1, 0.15) is 41.8 Å². The van der Waals surface area contributed by atoms with Gasteiger partial charge in [0.15, 0.2) is 0 Å². The van der Waals surface area contributed by atoms with Gasteiger partial charge in [0.2, 0.25) is 0 Å². The fourth-order valence-electron chi connectivity index (χ4n) is 3.27. The maximum absolute atomic E-state index is 12.1. The van der Waals surface area contributed by atoms with Gasteiger partial charge in [-0.3, -0.25) is 4.90 Å². The smallest absolute Gasteiger partial charge is 0.319 e. The van der Waals surface area contributed by atoms with Crippen LogP contribution in [0.2, 0.25) is 0 Å². The number of rotatable bonds is 6. The zero-order valence-corrected chi connectivity index (χ0v) is 16.3. The molecule has 26 heavy (non-hydrogen) atoms. The Kier molecular flexibility index (Phi) is 6.57. The van der Waals surface area contributed by atoms with Crippen molar-refractivity contribution < 1.29 is 4.79 Å². The van der Waals surface area contributed by atoms with E-state index >= 15 is 0 Å². The van der Waals surface area contributed by atoms with Crippen LogP contribution < -0.4 is 10.6 Å². The number of carbonyl (C=O) groups is 1. The number of likely N-dealkylation sites (tertiary alicyclic amines) is 1. The number of hydrogen-bond donors (Lipinski definition) is 2. The molecule has 140 valence electrons. The largest absolute Gasteiger partial charge is 0.337 e. The molecule has 1 fully saturated rings. The predicted octanol–water partition coefficient (Wildman–Crippen LogP) is 3.59. The molecular formula is C19H27N5OS. The quantitative estimate of drug-likeness (QED) is 0.812. The van der Waals surface area contributed by atoms with E-state index < -0.39 is 0 Å². The molecule has 2 heterocycles. The number of nitrogens with zero attached hydrogens (tertiary/aromatic N) is 3. The summed E-state index contributed by atoms with van der Waals surface area (Å²) < 4.78 is 0. The molecule has 3 rings (SSSR count). The molecule has 0 bridgehead atoms. The number of benzene rings is 1. The van der Waals surface area contributed by atoms with E-state index in [1.807, 2.05) is 19.1 Å². The zero-order valence-electron chi connectivity index (χ0n) is 15.5. The number of anilines is 1. The van der Waals surface area contributed by atoms with E-state index in [0.29, 0.717) is 19.0 Å². The summed E-state index contributed by atoms with van der Waals surface area (Å²) in [6.07, 6.45) is 4.58. The number of carbonyl (C=O) groups excluding carboxylic acids is 1. The van der Waals surface area contributed by atoms with Gasteiger partial charge in [-0.2, -0.15) is 0 Å². The molecular weight excluding hydrogens is 346 g/mol. The summed E-state index contributed by atoms with van der Waals surface area (Å²) in [4.78, 5) is 14.6. The SMILES string of the molecule is Cc1nnc(CCNC(=O)Nc2cccc(CN3CCCC[C@H]3C)c2)s1. The average Bonchev–Trinajstić information content (AvgIpc) is 3.02. The van der Waals surface area contributed by atoms with Crippen molar-refractivity contribution in [2.24, 2.45) is 0 Å². The van der Waals surface area contributed by atoms with Gasteiger partial charge in [0.1, 0.15) is 10.0 Å². The fourth-order valence-corrected chi connectivity index (χ4v) is 3.98. The van der Waals surface area contributed by atoms with Crippen molar-refractivity contribution in [1.82, 2.24) is 20.4 Å². The minimum absolute atomic E-state index is 0.185. The lowest BCUT2D eigenvalue weighted by Gasteiger charge is -2.33. The van der Waals surface area contributed by atoms with Crippen molar-refractivity contribution in [3.05, 3.63) is 39.8 Å². The Morgan fingerprint density at radius 2 is 2.23 bits per heavy atom. The molecule has 0 spiro atoms. The summed E-state index contributed by atoms with van der Waals surface area (Å²) in [5.74, 6) is 0. The Labute approximate surface area is 159 Å². The second-order valence-electron chi connectivity index (χ2n) is 6.86. The second-order valence-corrected chi connectivity index (χ2v) is 8.13. The number of piperidine rings is 1. The van der Waals surface area contributed by atoms with Crippen LogP contribution in [-0.2, 0) is 13.0 Å². The van der Waals surface area contributed by atoms with Gasteiger partial charge in [0.25, 0.3) is 0 Å². The predicted molar refractivity (Wildman–Crippen MR) is 106 cm³/mol. The second kappa shape index (κ2) is 9.09. The van der Waals surface area contributed by atoms with Gasteiger partial charge in [0, 0.05) is 31.2 Å². The lowest BCUT2D eigenvalue weighted by atomic mass is 10.0. The number of hydrogen-bond acceptors (Lipinski definition) is 5. The summed E-state index contributed by atoms with van der Waals surface area (Å²) in [6, 6.07) is 8.57. The highest BCUT2D eigenvalue weighted by molar-refractivity contribution is 7.11. The van der Waals surface area contributed by atoms with Gasteiger partial charge in [-0.15, -0.1) is 21.5 Å². The van der Waals surface area contributed by atoms with Crippen LogP contribution >= 0.6 is 11.3 Å². The third kappa shape index (κ3) is 5.51. The van der Waals surface area contributed by atoms with E-state index in [4.69, 9.17) is 0 Å². The maximum atomic E-state index is 12.1. The van der Waals surface area contributed by atoms with Crippen LogP contribution in [0.3, 0.4) is 0 Å². The minimum atomic E-state index is -0.185. The molecule has 0 aliphatic carbocycles. The normalized spacial score (nSPS) is 17.8. The summed E-state index contributed by atoms with van der Waals surface area (Å²) in [5, 5.41) is 15.7. The molecule has 1 aromatic carbocycles. The minimum Gasteiger partial charge on any atom is -0.337 e. The van der Waals surface area contributed by atoms with Gasteiger partial charge >= 0.3 is 6.03 Å². The molecule has 1 atom stereocenters. The number of aromatic nitrogens is 2. The molecule has 2 aromatic rings. The molecule has 7 heteroatoms. The first-order chi connectivity index (χ1) is 12.6. The molecule has 1 aromatic heterocycles. The van der Waals surface area contributed by atoms with Crippen LogP contribution in [0.5, 0.6) is 0 Å². The molecule has 1 aliphatic heterocycles. The van der Waals surface area contributed by atoms with Crippen molar-refractivity contribution in [3.8, 4) is 0 Å². The highest BCUT2D eigenvalue weighted by Gasteiger charge is 2.18. The van der Waals surface area contributed by atoms with Crippen molar-refractivity contribution in [2.75, 3.05) is 18.4 Å². The monoisotopic (exact) mass is 373 g/mol. The van der Waals surface area contributed by atoms with Crippen LogP contribution in [0.25, 0.3) is 0 Å². The molecule has 2 N–H and O–H groups in total. The van der Waals surface area contributed by atoms with E-state index in [9.17, 15) is 4.79 Å². The molecule has 2 amide bonds. The van der Waals surface area contributed by atoms with Gasteiger partial charge in [0.05, 0.1) is 0 Å². The lowest BCUT2D eigenvalue weighted by molar-refractivity contribution is 0.152. The standard InChI is InChI=1S/C19H27N5OS/c1-14-6-3-4-11-24(14)13-16-7-5-8-17(12-16)21-19(25)20-10-9-18-23-22-15(2)26-18/h5,7-8,12,14H,3-4,6,9-11,13H2,1-2H3,(H2,20,21,25)/t14-/m1/s1. The number of urea groups is 1. The number of aryl methyl sites for hydroxylation is 1. The number of amides is 2. The van der Waals surface area contributed by atoms with Crippen LogP contribution in [0.15, 0.2) is 24.3 Å². The number of nitrogens with one attached hydrogen (secondary N) is 2. The van der Waals surface area contributed by atoms with Gasteiger partial charge in [-0.25, -0.2) is 4.79 Å². The molecule has 0 radical (unpaired) electrons. The first-order valence-corrected chi connectivity index (χ1v) is 10.1. The molecule has 0 saturated carbocycles. The third-order valence-electron chi connectivity index (χ3n) is 4.70. The Bertz CT molecular complexity index is 732. The average molecular weight is 374 g/mol. The Morgan fingerprint density at radius 3 is 3.00 bits per heavy atom. The molecule has 1 saturated heterocycles. The zero-order chi connectivity index (χ0) is 18.4. The Balaban J connectivity index is 1.47. The van der Waals surface area contributed by atoms with Gasteiger partial charge in [-0.1, -0.05) is 18.6 Å². The highest BCUT2D eigenvalue weighted by Crippen LogP contribution is 2.20. The van der Waals surface area contributed by atoms with Crippen LogP contribution in [-0.4, -0.2) is 40.3 Å². The first-order valence-electron chi connectivity index (χ1n) is 9.27. The van der Waals surface area contributed by atoms with Crippen molar-refractivity contribution in [2.45, 2.75) is 52.1 Å². The van der Waals surface area contributed by atoms with E-state index in [1.54, 1.807) is 11.3 Å². The van der Waals surface area contributed by atoms with Crippen molar-refractivity contribution in [3.63, 3.8) is 0 Å². The highest BCUT2D eigenvalue weighted by atomic mass is 32.1. The summed E-state index contributed by atoms with van der Waals surface area (Å²) in [5.41, 5.74) is 2.07. The third-order valence-corrected chi connectivity index (χ3v) is 5.60. The van der Waals surface area contributed by atoms with E-state index in [1.165, 1.54) is 24.8 Å². The lowest BCUT2D eigenvalue weighted by Crippen LogP contribution is -2.36. The Morgan fingerprint density at radius 1 is 1.35 bits per heavy atom. The Hall–Kier alpha value is -1.99. The maximum Gasteiger partial charge on any atom is 0.319 e. The first kappa shape index (κ1) is 18.8. The van der Waals surface area contributed by atoms with E-state index in [2.05, 4.69) is 44.8 Å². The van der Waals surface area contributed by atoms with Crippen molar-refractivity contribution in [1.29, 1.82) is 0 Å². The summed E-state index contributed by atoms with van der Waals surface area (Å²) >= 11 is 1.56. The fraction of sp³-hybridized carbons (Fsp3) is 0.526. The topological polar surface area (TPSA) is 70.1 Å². The van der Waals surface area contributed by atoms with Crippen LogP contribution in [0.4, 0.5) is 10.5 Å². The van der Waals surface area contributed by atoms with E-state index in [-0.39, 0.29) is 6.03 Å². The van der Waals surface area contributed by atoms with E-state index in [0.717, 1.165) is 28.8 Å². The van der Waals surface area contributed by atoms with Gasteiger partial charge < -0.3 is 10.6 Å². The van der Waals surface area contributed by atoms with Gasteiger partial charge in [-0.05, 0) is 50.9 Å². The molecule has 0 unspecified atom stereocenters.